The zero-order valence-electron chi connectivity index (χ0n) is 27.7. The van der Waals surface area contributed by atoms with Gasteiger partial charge in [0.15, 0.2) is 5.60 Å². The molecule has 0 spiro atoms. The van der Waals surface area contributed by atoms with Crippen molar-refractivity contribution < 1.29 is 38.8 Å². The maximum atomic E-state index is 12.4. The van der Waals surface area contributed by atoms with Gasteiger partial charge in [-0.3, -0.25) is 14.6 Å². The Bertz CT molecular complexity index is 2040. The Hall–Kier alpha value is -6.74. The summed E-state index contributed by atoms with van der Waals surface area (Å²) < 4.78 is 16.1. The van der Waals surface area contributed by atoms with Gasteiger partial charge in [0.1, 0.15) is 23.0 Å². The van der Waals surface area contributed by atoms with E-state index in [0.29, 0.717) is 17.1 Å². The number of aromatic hydroxyl groups is 2. The molecule has 0 radical (unpaired) electrons. The van der Waals surface area contributed by atoms with Crippen molar-refractivity contribution in [2.24, 2.45) is 0 Å². The number of ether oxygens (including phenoxy) is 3. The quantitative estimate of drug-likeness (QED) is 0.129. The third-order valence-electron chi connectivity index (χ3n) is 8.25. The molecule has 51 heavy (non-hydrogen) atoms. The Labute approximate surface area is 294 Å². The van der Waals surface area contributed by atoms with Gasteiger partial charge in [0.2, 0.25) is 0 Å². The molecule has 9 heteroatoms. The molecule has 0 amide bonds. The Balaban J connectivity index is 0.000000177. The van der Waals surface area contributed by atoms with Crippen LogP contribution in [-0.2, 0) is 19.9 Å². The number of pyridine rings is 1. The van der Waals surface area contributed by atoms with E-state index in [1.165, 1.54) is 13.8 Å². The summed E-state index contributed by atoms with van der Waals surface area (Å²) in [7, 11) is 0. The molecular weight excluding hydrogens is 646 g/mol. The lowest BCUT2D eigenvalue weighted by atomic mass is 9.80. The lowest BCUT2D eigenvalue weighted by molar-refractivity contribution is -0.132. The van der Waals surface area contributed by atoms with Gasteiger partial charge < -0.3 is 24.4 Å². The molecule has 2 heterocycles. The maximum absolute atomic E-state index is 12.4. The van der Waals surface area contributed by atoms with Gasteiger partial charge in [-0.25, -0.2) is 4.79 Å². The number of benzene rings is 5. The number of fused-ring (bicyclic) bond motifs is 1. The van der Waals surface area contributed by atoms with E-state index in [0.717, 1.165) is 33.5 Å². The highest BCUT2D eigenvalue weighted by atomic mass is 16.6. The first-order valence-corrected chi connectivity index (χ1v) is 16.0. The number of nitrogens with zero attached hydrogens (tertiary/aromatic N) is 1. The van der Waals surface area contributed by atoms with Crippen LogP contribution in [0.3, 0.4) is 0 Å². The van der Waals surface area contributed by atoms with Crippen molar-refractivity contribution in [1.82, 2.24) is 4.98 Å². The maximum Gasteiger partial charge on any atom is 0.340 e. The number of esters is 3. The van der Waals surface area contributed by atoms with Gasteiger partial charge in [-0.1, -0.05) is 72.8 Å². The average molecular weight is 680 g/mol. The number of carbonyl (C=O) groups is 3. The topological polar surface area (TPSA) is 132 Å². The van der Waals surface area contributed by atoms with Gasteiger partial charge >= 0.3 is 17.9 Å². The van der Waals surface area contributed by atoms with E-state index in [1.54, 1.807) is 91.1 Å². The first kappa shape index (κ1) is 34.1. The summed E-state index contributed by atoms with van der Waals surface area (Å²) in [6.45, 7) is 2.74. The summed E-state index contributed by atoms with van der Waals surface area (Å²) in [6, 6.07) is 40.9. The smallest absolute Gasteiger partial charge is 0.340 e. The fraction of sp³-hybridized carbons (Fsp3) is 0.0952. The van der Waals surface area contributed by atoms with Gasteiger partial charge in [-0.2, -0.15) is 0 Å². The summed E-state index contributed by atoms with van der Waals surface area (Å²) in [6.07, 6.45) is 1.75. The van der Waals surface area contributed by atoms with Crippen LogP contribution < -0.4 is 9.47 Å². The summed E-state index contributed by atoms with van der Waals surface area (Å²) >= 11 is 0. The molecule has 1 aliphatic heterocycles. The standard InChI is InChI=1S/C22H19NO4.C20H14O4/c1-15(24)26-19-10-6-17(7-11-19)22(21-5-3-4-14-23-21)18-8-12-20(13-9-18)27-16(2)25;21-15-9-5-13(6-10-15)20(14-7-11-16(22)12-8-14)18-4-2-1-3-17(18)19(23)24-20/h3-14,22H,1-2H3;1-12,21-22H. The summed E-state index contributed by atoms with van der Waals surface area (Å²) in [4.78, 5) is 39.2. The van der Waals surface area contributed by atoms with Crippen LogP contribution in [0.2, 0.25) is 0 Å². The molecule has 0 bridgehead atoms. The molecule has 254 valence electrons. The first-order valence-electron chi connectivity index (χ1n) is 16.0. The van der Waals surface area contributed by atoms with E-state index in [9.17, 15) is 24.6 Å². The van der Waals surface area contributed by atoms with Crippen LogP contribution in [0.4, 0.5) is 0 Å². The molecule has 9 nitrogen and oxygen atoms in total. The number of aromatic nitrogens is 1. The van der Waals surface area contributed by atoms with Crippen LogP contribution in [0.15, 0.2) is 146 Å². The molecule has 7 rings (SSSR count). The van der Waals surface area contributed by atoms with Crippen LogP contribution >= 0.6 is 0 Å². The van der Waals surface area contributed by atoms with Crippen molar-refractivity contribution in [1.29, 1.82) is 0 Å². The van der Waals surface area contributed by atoms with Crippen LogP contribution in [-0.4, -0.2) is 33.1 Å². The number of phenols is 2. The lowest BCUT2D eigenvalue weighted by Crippen LogP contribution is -2.29. The number of carbonyl (C=O) groups excluding carboxylic acids is 3. The van der Waals surface area contributed by atoms with E-state index in [-0.39, 0.29) is 29.4 Å². The molecule has 0 saturated carbocycles. The molecular formula is C42H33NO8. The van der Waals surface area contributed by atoms with Crippen LogP contribution in [0.1, 0.15) is 63.6 Å². The molecule has 6 aromatic rings. The van der Waals surface area contributed by atoms with Crippen molar-refractivity contribution in [3.8, 4) is 23.0 Å². The minimum Gasteiger partial charge on any atom is -0.508 e. The molecule has 5 aromatic carbocycles. The number of rotatable bonds is 7. The van der Waals surface area contributed by atoms with Gasteiger partial charge in [0, 0.05) is 36.7 Å². The Morgan fingerprint density at radius 3 is 1.55 bits per heavy atom. The Morgan fingerprint density at radius 1 is 0.627 bits per heavy atom. The van der Waals surface area contributed by atoms with Gasteiger partial charge in [0.05, 0.1) is 17.2 Å². The fourth-order valence-electron chi connectivity index (χ4n) is 6.07. The van der Waals surface area contributed by atoms with Gasteiger partial charge in [-0.15, -0.1) is 0 Å². The van der Waals surface area contributed by atoms with E-state index < -0.39 is 11.6 Å². The molecule has 0 fully saturated rings. The largest absolute Gasteiger partial charge is 0.508 e. The van der Waals surface area contributed by atoms with Crippen molar-refractivity contribution in [2.75, 3.05) is 0 Å². The second kappa shape index (κ2) is 14.8. The molecule has 1 aromatic heterocycles. The first-order chi connectivity index (χ1) is 24.6. The zero-order chi connectivity index (χ0) is 36.0. The van der Waals surface area contributed by atoms with Crippen molar-refractivity contribution in [2.45, 2.75) is 25.4 Å². The van der Waals surface area contributed by atoms with Gasteiger partial charge in [-0.05, 0) is 77.9 Å². The third-order valence-corrected chi connectivity index (χ3v) is 8.25. The Kier molecular flexibility index (Phi) is 9.90. The minimum atomic E-state index is -1.10. The van der Waals surface area contributed by atoms with E-state index in [2.05, 4.69) is 4.98 Å². The highest BCUT2D eigenvalue weighted by molar-refractivity contribution is 5.96. The van der Waals surface area contributed by atoms with Gasteiger partial charge in [0.25, 0.3) is 0 Å². The molecule has 2 N–H and O–H groups in total. The van der Waals surface area contributed by atoms with Crippen LogP contribution in [0.25, 0.3) is 0 Å². The van der Waals surface area contributed by atoms with Crippen LogP contribution in [0, 0.1) is 0 Å². The zero-order valence-corrected chi connectivity index (χ0v) is 27.7. The SMILES string of the molecule is CC(=O)Oc1ccc(C(c2ccc(OC(C)=O)cc2)c2ccccn2)cc1.O=C1OC(c2ccc(O)cc2)(c2ccc(O)cc2)c2ccccc21. The Morgan fingerprint density at radius 2 is 1.10 bits per heavy atom. The van der Waals surface area contributed by atoms with Crippen LogP contribution in [0.5, 0.6) is 23.0 Å². The monoisotopic (exact) mass is 679 g/mol. The molecule has 0 atom stereocenters. The fourth-order valence-corrected chi connectivity index (χ4v) is 6.07. The molecule has 0 aliphatic carbocycles. The predicted octanol–water partition coefficient (Wildman–Crippen LogP) is 7.67. The summed E-state index contributed by atoms with van der Waals surface area (Å²) in [5.74, 6) is 0.0489. The van der Waals surface area contributed by atoms with Crippen molar-refractivity contribution in [3.63, 3.8) is 0 Å². The molecule has 0 saturated heterocycles. The second-order valence-electron chi connectivity index (χ2n) is 11.7. The lowest BCUT2D eigenvalue weighted by Gasteiger charge is -2.30. The molecule has 1 aliphatic rings. The summed E-state index contributed by atoms with van der Waals surface area (Å²) in [5, 5.41) is 19.2. The minimum absolute atomic E-state index is 0.107. The second-order valence-corrected chi connectivity index (χ2v) is 11.7. The highest BCUT2D eigenvalue weighted by Crippen LogP contribution is 2.47. The average Bonchev–Trinajstić information content (AvgIpc) is 3.43. The number of phenolic OH excluding ortho intramolecular Hbond substituents is 2. The number of cyclic esters (lactones) is 1. The highest BCUT2D eigenvalue weighted by Gasteiger charge is 2.48. The number of hydrogen-bond acceptors (Lipinski definition) is 9. The summed E-state index contributed by atoms with van der Waals surface area (Å²) in [5.41, 5.74) is 4.50. The van der Waals surface area contributed by atoms with E-state index >= 15 is 0 Å². The molecule has 0 unspecified atom stereocenters. The third kappa shape index (κ3) is 7.47. The van der Waals surface area contributed by atoms with Crippen molar-refractivity contribution in [3.05, 3.63) is 185 Å². The normalized spacial score (nSPS) is 12.6. The van der Waals surface area contributed by atoms with E-state index in [4.69, 9.17) is 14.2 Å². The van der Waals surface area contributed by atoms with Crippen molar-refractivity contribution >= 4 is 17.9 Å². The number of hydrogen-bond donors (Lipinski definition) is 2. The van der Waals surface area contributed by atoms with E-state index in [1.807, 2.05) is 54.6 Å². The predicted molar refractivity (Wildman–Crippen MR) is 189 cm³/mol.